The highest BCUT2D eigenvalue weighted by atomic mass is 16.2. The molecule has 30 heavy (non-hydrogen) atoms. The zero-order chi connectivity index (χ0) is 20.9. The molecule has 0 spiro atoms. The number of benzene rings is 3. The number of anilines is 4. The van der Waals surface area contributed by atoms with Crippen LogP contribution in [-0.4, -0.2) is 22.4 Å². The topological polar surface area (TPSA) is 96.2 Å². The first-order valence-electron chi connectivity index (χ1n) is 9.66. The summed E-state index contributed by atoms with van der Waals surface area (Å²) in [7, 11) is 0. The fraction of sp³-hybridized carbons (Fsp3) is 0.0870. The minimum atomic E-state index is -0.281. The van der Waals surface area contributed by atoms with Gasteiger partial charge in [-0.05, 0) is 30.5 Å². The summed E-state index contributed by atoms with van der Waals surface area (Å²) in [4.78, 5) is 22.9. The van der Waals surface area contributed by atoms with Gasteiger partial charge in [-0.15, -0.1) is 0 Å². The lowest BCUT2D eigenvalue weighted by Crippen LogP contribution is -2.30. The van der Waals surface area contributed by atoms with Crippen molar-refractivity contribution in [2.45, 2.75) is 6.92 Å². The maximum atomic E-state index is 12.3. The van der Waals surface area contributed by atoms with Gasteiger partial charge < -0.3 is 10.6 Å². The zero-order valence-corrected chi connectivity index (χ0v) is 16.5. The number of hydrogen-bond acceptors (Lipinski definition) is 6. The van der Waals surface area contributed by atoms with E-state index in [0.29, 0.717) is 29.4 Å². The van der Waals surface area contributed by atoms with Gasteiger partial charge in [-0.1, -0.05) is 54.6 Å². The smallest absolute Gasteiger partial charge is 0.269 e. The van der Waals surface area contributed by atoms with Crippen molar-refractivity contribution in [2.24, 2.45) is 0 Å². The van der Waals surface area contributed by atoms with Crippen molar-refractivity contribution in [3.8, 4) is 0 Å². The molecule has 150 valence electrons. The molecular weight excluding hydrogens is 376 g/mol. The molecule has 0 bridgehead atoms. The number of nitrogens with two attached hydrogens (primary N) is 1. The first kappa shape index (κ1) is 19.2. The van der Waals surface area contributed by atoms with Crippen molar-refractivity contribution in [2.75, 3.05) is 22.6 Å². The van der Waals surface area contributed by atoms with E-state index in [-0.39, 0.29) is 5.91 Å². The zero-order valence-electron chi connectivity index (χ0n) is 16.5. The van der Waals surface area contributed by atoms with Crippen LogP contribution in [0.5, 0.6) is 0 Å². The van der Waals surface area contributed by atoms with Gasteiger partial charge in [0.25, 0.3) is 5.91 Å². The van der Waals surface area contributed by atoms with Crippen LogP contribution in [0.1, 0.15) is 17.3 Å². The Morgan fingerprint density at radius 2 is 1.70 bits per heavy atom. The number of rotatable bonds is 6. The minimum Gasteiger partial charge on any atom is -0.393 e. The van der Waals surface area contributed by atoms with Crippen molar-refractivity contribution >= 4 is 39.7 Å². The van der Waals surface area contributed by atoms with Crippen molar-refractivity contribution in [3.05, 3.63) is 84.7 Å². The maximum Gasteiger partial charge on any atom is 0.269 e. The number of carbonyl (C=O) groups excluding carboxylic acids is 1. The van der Waals surface area contributed by atoms with Crippen molar-refractivity contribution < 1.29 is 4.79 Å². The highest BCUT2D eigenvalue weighted by Crippen LogP contribution is 2.35. The largest absolute Gasteiger partial charge is 0.393 e. The summed E-state index contributed by atoms with van der Waals surface area (Å²) >= 11 is 0. The second-order valence-electron chi connectivity index (χ2n) is 6.65. The molecule has 0 aliphatic heterocycles. The highest BCUT2D eigenvalue weighted by molar-refractivity contribution is 5.98. The molecule has 0 saturated carbocycles. The third kappa shape index (κ3) is 3.73. The number of nitrogens with zero attached hydrogens (tertiary/aromatic N) is 3. The second-order valence-corrected chi connectivity index (χ2v) is 6.65. The molecule has 4 rings (SSSR count). The summed E-state index contributed by atoms with van der Waals surface area (Å²) in [6.45, 7) is 2.69. The number of hydrazine groups is 1. The monoisotopic (exact) mass is 398 g/mol. The number of carbonyl (C=O) groups is 1. The van der Waals surface area contributed by atoms with E-state index in [9.17, 15) is 4.79 Å². The number of nitrogens with one attached hydrogen (secondary N) is 2. The van der Waals surface area contributed by atoms with Crippen LogP contribution in [0.4, 0.5) is 23.0 Å². The lowest BCUT2D eigenvalue weighted by molar-refractivity contribution is 0.0962. The molecule has 0 radical (unpaired) electrons. The standard InChI is InChI=1S/C23H22N6O/c1-2-29(19-14-8-12-16-9-6-7-13-18(16)19)22-20(24)21(25-15-26-22)27-28-23(30)17-10-4-3-5-11-17/h3-15H,2,24H2,1H3,(H,28,30)(H,25,26,27). The van der Waals surface area contributed by atoms with E-state index in [4.69, 9.17) is 5.73 Å². The van der Waals surface area contributed by atoms with E-state index in [1.807, 2.05) is 42.2 Å². The number of aromatic nitrogens is 2. The van der Waals surface area contributed by atoms with Gasteiger partial charge in [-0.25, -0.2) is 9.97 Å². The first-order chi connectivity index (χ1) is 14.7. The van der Waals surface area contributed by atoms with Crippen LogP contribution >= 0.6 is 0 Å². The maximum absolute atomic E-state index is 12.3. The van der Waals surface area contributed by atoms with Crippen LogP contribution in [0.2, 0.25) is 0 Å². The van der Waals surface area contributed by atoms with Gasteiger partial charge in [0.15, 0.2) is 11.6 Å². The Morgan fingerprint density at radius 1 is 0.967 bits per heavy atom. The van der Waals surface area contributed by atoms with E-state index in [2.05, 4.69) is 39.0 Å². The van der Waals surface area contributed by atoms with Crippen LogP contribution in [-0.2, 0) is 0 Å². The number of nitrogen functional groups attached to an aromatic ring is 1. The summed E-state index contributed by atoms with van der Waals surface area (Å²) in [6, 6.07) is 23.2. The van der Waals surface area contributed by atoms with Gasteiger partial charge >= 0.3 is 0 Å². The van der Waals surface area contributed by atoms with Gasteiger partial charge in [-0.2, -0.15) is 0 Å². The van der Waals surface area contributed by atoms with Crippen molar-refractivity contribution in [3.63, 3.8) is 0 Å². The van der Waals surface area contributed by atoms with Crippen LogP contribution < -0.4 is 21.5 Å². The van der Waals surface area contributed by atoms with E-state index in [0.717, 1.165) is 16.5 Å². The van der Waals surface area contributed by atoms with Gasteiger partial charge in [0, 0.05) is 17.5 Å². The molecular formula is C23H22N6O. The Labute approximate surface area is 174 Å². The van der Waals surface area contributed by atoms with Crippen LogP contribution in [0.25, 0.3) is 10.8 Å². The number of hydrogen-bond donors (Lipinski definition) is 3. The van der Waals surface area contributed by atoms with Gasteiger partial charge in [0.2, 0.25) is 0 Å². The Balaban J connectivity index is 1.63. The van der Waals surface area contributed by atoms with Crippen LogP contribution in [0.15, 0.2) is 79.1 Å². The van der Waals surface area contributed by atoms with Gasteiger partial charge in [0.1, 0.15) is 12.0 Å². The Morgan fingerprint density at radius 3 is 2.50 bits per heavy atom. The Hall–Kier alpha value is -4.13. The fourth-order valence-corrected chi connectivity index (χ4v) is 3.36. The Kier molecular flexibility index (Phi) is 5.43. The van der Waals surface area contributed by atoms with Crippen LogP contribution in [0.3, 0.4) is 0 Å². The van der Waals surface area contributed by atoms with E-state index >= 15 is 0 Å². The second kappa shape index (κ2) is 8.48. The SMILES string of the molecule is CCN(c1ncnc(NNC(=O)c2ccccc2)c1N)c1cccc2ccccc12. The number of fused-ring (bicyclic) bond motifs is 1. The van der Waals surface area contributed by atoms with Crippen molar-refractivity contribution in [1.29, 1.82) is 0 Å². The van der Waals surface area contributed by atoms with Gasteiger partial charge in [-0.3, -0.25) is 15.6 Å². The quantitative estimate of drug-likeness (QED) is 0.423. The average Bonchev–Trinajstić information content (AvgIpc) is 2.80. The molecule has 4 aromatic rings. The van der Waals surface area contributed by atoms with E-state index < -0.39 is 0 Å². The molecule has 0 atom stereocenters. The summed E-state index contributed by atoms with van der Waals surface area (Å²) in [5, 5.41) is 2.24. The minimum absolute atomic E-state index is 0.281. The highest BCUT2D eigenvalue weighted by Gasteiger charge is 2.18. The van der Waals surface area contributed by atoms with E-state index in [1.54, 1.807) is 24.3 Å². The molecule has 0 aliphatic carbocycles. The predicted molar refractivity (Wildman–Crippen MR) is 121 cm³/mol. The molecule has 0 aliphatic rings. The third-order valence-corrected chi connectivity index (χ3v) is 4.82. The lowest BCUT2D eigenvalue weighted by atomic mass is 10.1. The molecule has 0 unspecified atom stereocenters. The molecule has 1 heterocycles. The normalized spacial score (nSPS) is 10.6. The van der Waals surface area contributed by atoms with E-state index in [1.165, 1.54) is 6.33 Å². The molecule has 4 N–H and O–H groups in total. The summed E-state index contributed by atoms with van der Waals surface area (Å²) < 4.78 is 0. The number of amides is 1. The molecule has 0 fully saturated rings. The molecule has 3 aromatic carbocycles. The Bertz CT molecular complexity index is 1170. The molecule has 0 saturated heterocycles. The summed E-state index contributed by atoms with van der Waals surface area (Å²) in [6.07, 6.45) is 1.43. The first-order valence-corrected chi connectivity index (χ1v) is 9.66. The molecule has 7 nitrogen and oxygen atoms in total. The predicted octanol–water partition coefficient (Wildman–Crippen LogP) is 4.13. The summed E-state index contributed by atoms with van der Waals surface area (Å²) in [5.74, 6) is 0.625. The fourth-order valence-electron chi connectivity index (χ4n) is 3.36. The average molecular weight is 398 g/mol. The third-order valence-electron chi connectivity index (χ3n) is 4.82. The molecule has 1 amide bonds. The van der Waals surface area contributed by atoms with Gasteiger partial charge in [0.05, 0.1) is 5.69 Å². The van der Waals surface area contributed by atoms with Crippen molar-refractivity contribution in [1.82, 2.24) is 15.4 Å². The lowest BCUT2D eigenvalue weighted by Gasteiger charge is -2.25. The molecule has 7 heteroatoms. The van der Waals surface area contributed by atoms with Crippen LogP contribution in [0, 0.1) is 0 Å². The molecule has 1 aromatic heterocycles. The summed E-state index contributed by atoms with van der Waals surface area (Å²) in [5.41, 5.74) is 13.7.